The topological polar surface area (TPSA) is 9.23 Å². The number of rotatable bonds is 2. The van der Waals surface area contributed by atoms with E-state index in [4.69, 9.17) is 4.74 Å². The van der Waals surface area contributed by atoms with Crippen molar-refractivity contribution in [2.45, 2.75) is 46.6 Å². The van der Waals surface area contributed by atoms with Crippen LogP contribution in [0.2, 0.25) is 0 Å². The zero-order valence-corrected chi connectivity index (χ0v) is 9.85. The molecule has 0 aliphatic rings. The van der Waals surface area contributed by atoms with Gasteiger partial charge in [-0.3, -0.25) is 0 Å². The van der Waals surface area contributed by atoms with Crippen molar-refractivity contribution in [1.82, 2.24) is 0 Å². The predicted molar refractivity (Wildman–Crippen MR) is 60.9 cm³/mol. The third-order valence-electron chi connectivity index (χ3n) is 2.12. The molecule has 0 spiro atoms. The molecule has 0 atom stereocenters. The minimum absolute atomic E-state index is 0.111. The lowest BCUT2D eigenvalue weighted by atomic mass is 10.1. The van der Waals surface area contributed by atoms with Crippen LogP contribution < -0.4 is 4.74 Å². The fourth-order valence-corrected chi connectivity index (χ4v) is 1.48. The van der Waals surface area contributed by atoms with E-state index < -0.39 is 0 Å². The molecule has 1 nitrogen and oxygen atoms in total. The molecule has 0 aliphatic heterocycles. The molecule has 0 bridgehead atoms. The first-order valence-corrected chi connectivity index (χ1v) is 5.21. The lowest BCUT2D eigenvalue weighted by molar-refractivity contribution is 0.131. The highest BCUT2D eigenvalue weighted by molar-refractivity contribution is 5.35. The molecule has 0 unspecified atom stereocenters. The van der Waals surface area contributed by atoms with Crippen molar-refractivity contribution >= 4 is 0 Å². The van der Waals surface area contributed by atoms with Crippen LogP contribution in [0.4, 0.5) is 0 Å². The van der Waals surface area contributed by atoms with E-state index in [-0.39, 0.29) is 5.60 Å². The number of hydrogen-bond acceptors (Lipinski definition) is 1. The lowest BCUT2D eigenvalue weighted by Crippen LogP contribution is -2.22. The van der Waals surface area contributed by atoms with Gasteiger partial charge in [-0.15, -0.1) is 0 Å². The van der Waals surface area contributed by atoms with Crippen LogP contribution in [0.25, 0.3) is 0 Å². The van der Waals surface area contributed by atoms with E-state index in [0.717, 1.165) is 12.2 Å². The summed E-state index contributed by atoms with van der Waals surface area (Å²) >= 11 is 0. The Labute approximate surface area is 87.1 Å². The van der Waals surface area contributed by atoms with Gasteiger partial charge >= 0.3 is 0 Å². The van der Waals surface area contributed by atoms with Crippen LogP contribution in [-0.2, 0) is 6.42 Å². The quantitative estimate of drug-likeness (QED) is 0.693. The highest BCUT2D eigenvalue weighted by Gasteiger charge is 2.11. The SMILES string of the molecule is CCc1ccc(OC(C)(C)C)cc1C. The molecule has 0 N–H and O–H groups in total. The summed E-state index contributed by atoms with van der Waals surface area (Å²) in [7, 11) is 0. The third-order valence-corrected chi connectivity index (χ3v) is 2.12. The monoisotopic (exact) mass is 192 g/mol. The van der Waals surface area contributed by atoms with E-state index in [0.29, 0.717) is 0 Å². The van der Waals surface area contributed by atoms with E-state index in [1.165, 1.54) is 11.1 Å². The molecule has 1 aromatic rings. The fourth-order valence-electron chi connectivity index (χ4n) is 1.48. The van der Waals surface area contributed by atoms with Crippen LogP contribution in [0, 0.1) is 6.92 Å². The molecular weight excluding hydrogens is 172 g/mol. The average Bonchev–Trinajstić information content (AvgIpc) is 2.01. The van der Waals surface area contributed by atoms with Crippen LogP contribution in [0.15, 0.2) is 18.2 Å². The summed E-state index contributed by atoms with van der Waals surface area (Å²) in [5.74, 6) is 0.965. The summed E-state index contributed by atoms with van der Waals surface area (Å²) in [6.45, 7) is 10.5. The normalized spacial score (nSPS) is 11.5. The van der Waals surface area contributed by atoms with Gasteiger partial charge in [-0.05, 0) is 57.4 Å². The lowest BCUT2D eigenvalue weighted by Gasteiger charge is -2.21. The number of aryl methyl sites for hydroxylation is 2. The maximum Gasteiger partial charge on any atom is 0.120 e. The number of hydrogen-bond donors (Lipinski definition) is 0. The Morgan fingerprint density at radius 3 is 2.29 bits per heavy atom. The van der Waals surface area contributed by atoms with E-state index in [1.807, 2.05) is 0 Å². The first-order valence-electron chi connectivity index (χ1n) is 5.21. The summed E-state index contributed by atoms with van der Waals surface area (Å²) in [5, 5.41) is 0. The molecule has 0 heterocycles. The van der Waals surface area contributed by atoms with E-state index in [2.05, 4.69) is 52.8 Å². The fraction of sp³-hybridized carbons (Fsp3) is 0.538. The van der Waals surface area contributed by atoms with Crippen molar-refractivity contribution in [3.63, 3.8) is 0 Å². The summed E-state index contributed by atoms with van der Waals surface area (Å²) in [6.07, 6.45) is 1.08. The molecule has 1 heteroatoms. The van der Waals surface area contributed by atoms with Gasteiger partial charge in [-0.25, -0.2) is 0 Å². The molecule has 0 aliphatic carbocycles. The Hall–Kier alpha value is -0.980. The van der Waals surface area contributed by atoms with Gasteiger partial charge in [0.1, 0.15) is 11.4 Å². The molecule has 0 amide bonds. The average molecular weight is 192 g/mol. The van der Waals surface area contributed by atoms with Gasteiger partial charge in [0.25, 0.3) is 0 Å². The van der Waals surface area contributed by atoms with Gasteiger partial charge in [0.05, 0.1) is 0 Å². The van der Waals surface area contributed by atoms with Gasteiger partial charge in [0, 0.05) is 0 Å². The highest BCUT2D eigenvalue weighted by Crippen LogP contribution is 2.21. The van der Waals surface area contributed by atoms with Crippen LogP contribution >= 0.6 is 0 Å². The number of benzene rings is 1. The van der Waals surface area contributed by atoms with Crippen molar-refractivity contribution in [1.29, 1.82) is 0 Å². The van der Waals surface area contributed by atoms with Crippen molar-refractivity contribution in [2.24, 2.45) is 0 Å². The van der Waals surface area contributed by atoms with Gasteiger partial charge in [-0.2, -0.15) is 0 Å². The van der Waals surface area contributed by atoms with Gasteiger partial charge in [0.15, 0.2) is 0 Å². The molecule has 0 saturated carbocycles. The van der Waals surface area contributed by atoms with Gasteiger partial charge < -0.3 is 4.74 Å². The van der Waals surface area contributed by atoms with E-state index >= 15 is 0 Å². The second-order valence-corrected chi connectivity index (χ2v) is 4.66. The second-order valence-electron chi connectivity index (χ2n) is 4.66. The van der Waals surface area contributed by atoms with Crippen molar-refractivity contribution in [2.75, 3.05) is 0 Å². The summed E-state index contributed by atoms with van der Waals surface area (Å²) in [4.78, 5) is 0. The molecule has 0 fully saturated rings. The largest absolute Gasteiger partial charge is 0.488 e. The molecule has 78 valence electrons. The maximum absolute atomic E-state index is 5.78. The maximum atomic E-state index is 5.78. The van der Waals surface area contributed by atoms with Crippen LogP contribution in [0.3, 0.4) is 0 Å². The Morgan fingerprint density at radius 2 is 1.86 bits per heavy atom. The van der Waals surface area contributed by atoms with Gasteiger partial charge in [-0.1, -0.05) is 13.0 Å². The Morgan fingerprint density at radius 1 is 1.21 bits per heavy atom. The molecule has 1 rings (SSSR count). The summed E-state index contributed by atoms with van der Waals surface area (Å²) in [5.41, 5.74) is 2.60. The number of ether oxygens (including phenoxy) is 1. The first kappa shape index (κ1) is 11.1. The Balaban J connectivity index is 2.87. The van der Waals surface area contributed by atoms with E-state index in [9.17, 15) is 0 Å². The molecule has 1 aromatic carbocycles. The minimum Gasteiger partial charge on any atom is -0.488 e. The predicted octanol–water partition coefficient (Wildman–Crippen LogP) is 3.73. The van der Waals surface area contributed by atoms with Crippen molar-refractivity contribution in [3.05, 3.63) is 29.3 Å². The summed E-state index contributed by atoms with van der Waals surface area (Å²) < 4.78 is 5.78. The zero-order chi connectivity index (χ0) is 10.8. The smallest absolute Gasteiger partial charge is 0.120 e. The zero-order valence-electron chi connectivity index (χ0n) is 9.85. The molecule has 0 saturated heterocycles. The minimum atomic E-state index is -0.111. The molecular formula is C13H20O. The standard InChI is InChI=1S/C13H20O/c1-6-11-7-8-12(9-10(11)2)14-13(3,4)5/h7-9H,6H2,1-5H3. The molecule has 14 heavy (non-hydrogen) atoms. The molecule has 0 aromatic heterocycles. The van der Waals surface area contributed by atoms with Crippen LogP contribution in [-0.4, -0.2) is 5.60 Å². The highest BCUT2D eigenvalue weighted by atomic mass is 16.5. The van der Waals surface area contributed by atoms with Crippen LogP contribution in [0.1, 0.15) is 38.8 Å². The van der Waals surface area contributed by atoms with Gasteiger partial charge in [0.2, 0.25) is 0 Å². The molecule has 0 radical (unpaired) electrons. The Kier molecular flexibility index (Phi) is 3.20. The van der Waals surface area contributed by atoms with Crippen molar-refractivity contribution < 1.29 is 4.74 Å². The second kappa shape index (κ2) is 4.04. The van der Waals surface area contributed by atoms with E-state index in [1.54, 1.807) is 0 Å². The first-order chi connectivity index (χ1) is 6.42. The Bertz CT molecular complexity index is 308. The third kappa shape index (κ3) is 3.06. The van der Waals surface area contributed by atoms with Crippen molar-refractivity contribution in [3.8, 4) is 5.75 Å². The van der Waals surface area contributed by atoms with Crippen LogP contribution in [0.5, 0.6) is 5.75 Å². The summed E-state index contributed by atoms with van der Waals surface area (Å²) in [6, 6.07) is 6.32.